The molecule has 0 unspecified atom stereocenters. The van der Waals surface area contributed by atoms with Gasteiger partial charge in [-0.3, -0.25) is 9.78 Å². The minimum absolute atomic E-state index is 0.235. The Morgan fingerprint density at radius 3 is 2.44 bits per heavy atom. The van der Waals surface area contributed by atoms with Crippen molar-refractivity contribution >= 4 is 17.7 Å². The molecule has 1 amide bonds. The number of methoxy groups -OCH3 is 2. The lowest BCUT2D eigenvalue weighted by atomic mass is 10.2. The largest absolute Gasteiger partial charge is 0.493 e. The van der Waals surface area contributed by atoms with Crippen LogP contribution in [0.4, 0.5) is 0 Å². The van der Waals surface area contributed by atoms with Crippen LogP contribution in [0.15, 0.2) is 78.2 Å². The number of rotatable bonds is 10. The molecule has 174 valence electrons. The number of carbonyl (C=O) groups excluding carboxylic acids is 1. The van der Waals surface area contributed by atoms with E-state index in [1.807, 2.05) is 34.9 Å². The van der Waals surface area contributed by atoms with Gasteiger partial charge in [0, 0.05) is 23.7 Å². The van der Waals surface area contributed by atoms with Gasteiger partial charge >= 0.3 is 0 Å². The molecular formula is C25H25N5O3S. The predicted octanol–water partition coefficient (Wildman–Crippen LogP) is 3.96. The lowest BCUT2D eigenvalue weighted by Gasteiger charge is -2.12. The van der Waals surface area contributed by atoms with Crippen LogP contribution in [0.2, 0.25) is 0 Å². The highest BCUT2D eigenvalue weighted by atomic mass is 32.2. The SMILES string of the molecule is COc1ccc(C(=O)NCc2nnc(SCc3ccncc3)n2Cc2ccccc2)cc1OC. The molecule has 9 heteroatoms. The molecule has 4 aromatic rings. The third-order valence-corrected chi connectivity index (χ3v) is 6.18. The number of ether oxygens (including phenoxy) is 2. The van der Waals surface area contributed by atoms with Crippen molar-refractivity contribution in [2.24, 2.45) is 0 Å². The Kier molecular flexibility index (Phi) is 7.77. The zero-order chi connectivity index (χ0) is 23.8. The van der Waals surface area contributed by atoms with Crippen LogP contribution in [0.3, 0.4) is 0 Å². The van der Waals surface area contributed by atoms with E-state index in [-0.39, 0.29) is 12.5 Å². The van der Waals surface area contributed by atoms with E-state index in [4.69, 9.17) is 9.47 Å². The van der Waals surface area contributed by atoms with Gasteiger partial charge in [-0.15, -0.1) is 10.2 Å². The number of pyridine rings is 1. The molecule has 2 heterocycles. The highest BCUT2D eigenvalue weighted by Gasteiger charge is 2.16. The first-order valence-corrected chi connectivity index (χ1v) is 11.6. The van der Waals surface area contributed by atoms with E-state index in [1.54, 1.807) is 49.5 Å². The molecule has 0 aliphatic rings. The summed E-state index contributed by atoms with van der Waals surface area (Å²) in [4.78, 5) is 16.9. The van der Waals surface area contributed by atoms with Gasteiger partial charge in [-0.25, -0.2) is 0 Å². The average Bonchev–Trinajstić information content (AvgIpc) is 3.27. The van der Waals surface area contributed by atoms with E-state index >= 15 is 0 Å². The Labute approximate surface area is 202 Å². The molecule has 0 saturated heterocycles. The number of benzene rings is 2. The van der Waals surface area contributed by atoms with E-state index in [0.29, 0.717) is 29.4 Å². The standard InChI is InChI=1S/C25H25N5O3S/c1-32-21-9-8-20(14-22(21)33-2)24(31)27-15-23-28-29-25(34-17-19-10-12-26-13-11-19)30(23)16-18-6-4-3-5-7-18/h3-14H,15-17H2,1-2H3,(H,27,31). The van der Waals surface area contributed by atoms with E-state index in [1.165, 1.54) is 7.11 Å². The van der Waals surface area contributed by atoms with Crippen molar-refractivity contribution in [3.8, 4) is 11.5 Å². The maximum absolute atomic E-state index is 12.8. The molecule has 0 aliphatic heterocycles. The number of nitrogens with zero attached hydrogens (tertiary/aromatic N) is 4. The molecule has 0 spiro atoms. The number of hydrogen-bond donors (Lipinski definition) is 1. The second-order valence-corrected chi connectivity index (χ2v) is 8.31. The molecule has 0 fully saturated rings. The lowest BCUT2D eigenvalue weighted by Crippen LogP contribution is -2.25. The Balaban J connectivity index is 1.51. The van der Waals surface area contributed by atoms with Gasteiger partial charge < -0.3 is 19.4 Å². The zero-order valence-corrected chi connectivity index (χ0v) is 19.8. The average molecular weight is 476 g/mol. The van der Waals surface area contributed by atoms with Crippen molar-refractivity contribution < 1.29 is 14.3 Å². The van der Waals surface area contributed by atoms with Gasteiger partial charge in [0.05, 0.1) is 27.3 Å². The van der Waals surface area contributed by atoms with Gasteiger partial charge in [0.2, 0.25) is 0 Å². The van der Waals surface area contributed by atoms with Gasteiger partial charge in [0.1, 0.15) is 0 Å². The zero-order valence-electron chi connectivity index (χ0n) is 19.0. The molecule has 0 bridgehead atoms. The van der Waals surface area contributed by atoms with E-state index < -0.39 is 0 Å². The van der Waals surface area contributed by atoms with Gasteiger partial charge in [0.25, 0.3) is 5.91 Å². The Morgan fingerprint density at radius 1 is 0.941 bits per heavy atom. The summed E-state index contributed by atoms with van der Waals surface area (Å²) in [6, 6.07) is 19.1. The molecule has 2 aromatic carbocycles. The maximum Gasteiger partial charge on any atom is 0.251 e. The molecule has 1 N–H and O–H groups in total. The summed E-state index contributed by atoms with van der Waals surface area (Å²) >= 11 is 1.60. The monoisotopic (exact) mass is 475 g/mol. The summed E-state index contributed by atoms with van der Waals surface area (Å²) in [5.41, 5.74) is 2.75. The number of amides is 1. The van der Waals surface area contributed by atoms with Crippen molar-refractivity contribution in [1.82, 2.24) is 25.1 Å². The fourth-order valence-corrected chi connectivity index (χ4v) is 4.26. The van der Waals surface area contributed by atoms with Gasteiger partial charge in [0.15, 0.2) is 22.5 Å². The van der Waals surface area contributed by atoms with E-state index in [9.17, 15) is 4.79 Å². The number of carbonyl (C=O) groups is 1. The van der Waals surface area contributed by atoms with Crippen molar-refractivity contribution in [3.05, 3.63) is 95.6 Å². The maximum atomic E-state index is 12.8. The molecule has 2 aromatic heterocycles. The van der Waals surface area contributed by atoms with E-state index in [2.05, 4.69) is 32.6 Å². The molecule has 0 aliphatic carbocycles. The molecule has 4 rings (SSSR count). The van der Waals surface area contributed by atoms with Crippen molar-refractivity contribution in [2.45, 2.75) is 24.0 Å². The number of aromatic nitrogens is 4. The molecule has 0 radical (unpaired) electrons. The Hall–Kier alpha value is -3.85. The second-order valence-electron chi connectivity index (χ2n) is 7.37. The first kappa shape index (κ1) is 23.3. The topological polar surface area (TPSA) is 91.2 Å². The third-order valence-electron chi connectivity index (χ3n) is 5.15. The number of hydrogen-bond acceptors (Lipinski definition) is 7. The van der Waals surface area contributed by atoms with Crippen LogP contribution in [0.25, 0.3) is 0 Å². The van der Waals surface area contributed by atoms with Crippen LogP contribution in [-0.2, 0) is 18.8 Å². The second kappa shape index (κ2) is 11.3. The van der Waals surface area contributed by atoms with Crippen LogP contribution in [0.1, 0.15) is 27.3 Å². The quantitative estimate of drug-likeness (QED) is 0.347. The molecule has 34 heavy (non-hydrogen) atoms. The Bertz CT molecular complexity index is 1230. The summed E-state index contributed by atoms with van der Waals surface area (Å²) < 4.78 is 12.6. The summed E-state index contributed by atoms with van der Waals surface area (Å²) in [6.07, 6.45) is 3.55. The van der Waals surface area contributed by atoms with E-state index in [0.717, 1.165) is 22.0 Å². The summed E-state index contributed by atoms with van der Waals surface area (Å²) in [5.74, 6) is 2.25. The van der Waals surface area contributed by atoms with Crippen LogP contribution in [-0.4, -0.2) is 39.9 Å². The highest BCUT2D eigenvalue weighted by Crippen LogP contribution is 2.27. The van der Waals surface area contributed by atoms with Crippen LogP contribution in [0.5, 0.6) is 11.5 Å². The van der Waals surface area contributed by atoms with Crippen molar-refractivity contribution in [2.75, 3.05) is 14.2 Å². The van der Waals surface area contributed by atoms with Gasteiger partial charge in [-0.1, -0.05) is 42.1 Å². The predicted molar refractivity (Wildman–Crippen MR) is 130 cm³/mol. The first-order valence-electron chi connectivity index (χ1n) is 10.7. The molecule has 0 atom stereocenters. The van der Waals surface area contributed by atoms with Crippen LogP contribution >= 0.6 is 11.8 Å². The van der Waals surface area contributed by atoms with Gasteiger partial charge in [-0.2, -0.15) is 0 Å². The fourth-order valence-electron chi connectivity index (χ4n) is 3.35. The summed E-state index contributed by atoms with van der Waals surface area (Å²) in [6.45, 7) is 0.844. The minimum atomic E-state index is -0.235. The minimum Gasteiger partial charge on any atom is -0.493 e. The van der Waals surface area contributed by atoms with Crippen molar-refractivity contribution in [3.63, 3.8) is 0 Å². The number of thioether (sulfide) groups is 1. The van der Waals surface area contributed by atoms with Crippen molar-refractivity contribution in [1.29, 1.82) is 0 Å². The number of nitrogens with one attached hydrogen (secondary N) is 1. The smallest absolute Gasteiger partial charge is 0.251 e. The lowest BCUT2D eigenvalue weighted by molar-refractivity contribution is 0.0949. The Morgan fingerprint density at radius 2 is 1.71 bits per heavy atom. The fraction of sp³-hybridized carbons (Fsp3) is 0.200. The van der Waals surface area contributed by atoms with Crippen LogP contribution < -0.4 is 14.8 Å². The molecular weight excluding hydrogens is 450 g/mol. The van der Waals surface area contributed by atoms with Crippen LogP contribution in [0, 0.1) is 0 Å². The highest BCUT2D eigenvalue weighted by molar-refractivity contribution is 7.98. The first-order chi connectivity index (χ1) is 16.7. The molecule has 0 saturated carbocycles. The third kappa shape index (κ3) is 5.74. The normalized spacial score (nSPS) is 10.6. The summed E-state index contributed by atoms with van der Waals surface area (Å²) in [5, 5.41) is 12.5. The summed E-state index contributed by atoms with van der Waals surface area (Å²) in [7, 11) is 3.10. The van der Waals surface area contributed by atoms with Gasteiger partial charge in [-0.05, 0) is 41.5 Å². The molecule has 8 nitrogen and oxygen atoms in total.